The maximum atomic E-state index is 12.7. The average molecular weight is 419 g/mol. The standard InChI is InChI=1S/C25H30N4O2/c1-3-14-29-23-10-9-20(7-5-11-26-12-13-27-18-30)16-22(23)17-24(29)28-25(31)21-8-4-6-19(2)15-21/h4-10,15-16,18,26H,3,11-14,17H2,1-2H3,(H,27,30)/b7-5+,28-24?. The van der Waals surface area contributed by atoms with Gasteiger partial charge in [0, 0.05) is 43.9 Å². The van der Waals surface area contributed by atoms with E-state index in [4.69, 9.17) is 0 Å². The molecule has 2 amide bonds. The maximum absolute atomic E-state index is 12.7. The zero-order valence-electron chi connectivity index (χ0n) is 18.2. The number of aliphatic imine (C=N–C) groups is 1. The molecule has 0 aliphatic carbocycles. The number of amidine groups is 1. The van der Waals surface area contributed by atoms with Gasteiger partial charge in [0.25, 0.3) is 5.91 Å². The molecule has 31 heavy (non-hydrogen) atoms. The van der Waals surface area contributed by atoms with Crippen molar-refractivity contribution in [1.29, 1.82) is 0 Å². The highest BCUT2D eigenvalue weighted by Crippen LogP contribution is 2.31. The van der Waals surface area contributed by atoms with E-state index >= 15 is 0 Å². The Hall–Kier alpha value is -3.25. The molecule has 2 N–H and O–H groups in total. The van der Waals surface area contributed by atoms with Gasteiger partial charge in [-0.25, -0.2) is 0 Å². The molecule has 6 nitrogen and oxygen atoms in total. The van der Waals surface area contributed by atoms with E-state index in [0.717, 1.165) is 48.7 Å². The molecule has 0 atom stereocenters. The molecular weight excluding hydrogens is 388 g/mol. The summed E-state index contributed by atoms with van der Waals surface area (Å²) in [5.74, 6) is 0.622. The third-order valence-electron chi connectivity index (χ3n) is 5.10. The monoisotopic (exact) mass is 418 g/mol. The quantitative estimate of drug-likeness (QED) is 0.458. The molecule has 3 rings (SSSR count). The molecule has 162 valence electrons. The summed E-state index contributed by atoms with van der Waals surface area (Å²) >= 11 is 0. The second kappa shape index (κ2) is 11.2. The minimum absolute atomic E-state index is 0.192. The third-order valence-corrected chi connectivity index (χ3v) is 5.10. The van der Waals surface area contributed by atoms with E-state index < -0.39 is 0 Å². The van der Waals surface area contributed by atoms with Crippen LogP contribution in [0.15, 0.2) is 53.5 Å². The first-order valence-corrected chi connectivity index (χ1v) is 10.8. The number of fused-ring (bicyclic) bond motifs is 1. The van der Waals surface area contributed by atoms with Crippen LogP contribution >= 0.6 is 0 Å². The number of anilines is 1. The van der Waals surface area contributed by atoms with E-state index in [1.165, 1.54) is 5.56 Å². The fourth-order valence-corrected chi connectivity index (χ4v) is 3.65. The van der Waals surface area contributed by atoms with E-state index in [0.29, 0.717) is 24.9 Å². The molecule has 0 saturated heterocycles. The van der Waals surface area contributed by atoms with Gasteiger partial charge in [0.05, 0.1) is 0 Å². The van der Waals surface area contributed by atoms with Crippen LogP contribution in [0.1, 0.15) is 40.4 Å². The van der Waals surface area contributed by atoms with E-state index in [2.05, 4.69) is 57.8 Å². The molecule has 1 aliphatic rings. The van der Waals surface area contributed by atoms with Crippen LogP contribution in [0.3, 0.4) is 0 Å². The number of aryl methyl sites for hydroxylation is 1. The smallest absolute Gasteiger partial charge is 0.278 e. The number of carbonyl (C=O) groups excluding carboxylic acids is 2. The predicted octanol–water partition coefficient (Wildman–Crippen LogP) is 3.36. The van der Waals surface area contributed by atoms with Crippen molar-refractivity contribution in [3.63, 3.8) is 0 Å². The van der Waals surface area contributed by atoms with Crippen molar-refractivity contribution in [2.24, 2.45) is 4.99 Å². The largest absolute Gasteiger partial charge is 0.357 e. The summed E-state index contributed by atoms with van der Waals surface area (Å²) < 4.78 is 0. The number of nitrogens with zero attached hydrogens (tertiary/aromatic N) is 2. The normalized spacial score (nSPS) is 14.3. The van der Waals surface area contributed by atoms with Crippen molar-refractivity contribution in [3.8, 4) is 0 Å². The van der Waals surface area contributed by atoms with Gasteiger partial charge in [-0.3, -0.25) is 9.59 Å². The Bertz CT molecular complexity index is 981. The van der Waals surface area contributed by atoms with Crippen LogP contribution in [0.4, 0.5) is 5.69 Å². The minimum atomic E-state index is -0.192. The van der Waals surface area contributed by atoms with Gasteiger partial charge in [-0.2, -0.15) is 4.99 Å². The van der Waals surface area contributed by atoms with Gasteiger partial charge in [-0.05, 0) is 48.7 Å². The van der Waals surface area contributed by atoms with Gasteiger partial charge in [0.15, 0.2) is 0 Å². The van der Waals surface area contributed by atoms with E-state index in [1.54, 1.807) is 0 Å². The first kappa shape index (κ1) is 22.4. The highest BCUT2D eigenvalue weighted by atomic mass is 16.1. The molecule has 1 heterocycles. The number of carbonyl (C=O) groups is 2. The van der Waals surface area contributed by atoms with E-state index in [9.17, 15) is 9.59 Å². The zero-order valence-corrected chi connectivity index (χ0v) is 18.2. The first-order chi connectivity index (χ1) is 15.1. The van der Waals surface area contributed by atoms with Crippen molar-refractivity contribution in [2.75, 3.05) is 31.1 Å². The van der Waals surface area contributed by atoms with Gasteiger partial charge in [0.2, 0.25) is 6.41 Å². The lowest BCUT2D eigenvalue weighted by atomic mass is 10.1. The Kier molecular flexibility index (Phi) is 8.12. The number of hydrogen-bond acceptors (Lipinski definition) is 3. The molecule has 0 saturated carbocycles. The van der Waals surface area contributed by atoms with Crippen molar-refractivity contribution >= 4 is 29.9 Å². The van der Waals surface area contributed by atoms with Gasteiger partial charge in [0.1, 0.15) is 5.84 Å². The van der Waals surface area contributed by atoms with Gasteiger partial charge < -0.3 is 15.5 Å². The summed E-state index contributed by atoms with van der Waals surface area (Å²) in [6, 6.07) is 13.9. The van der Waals surface area contributed by atoms with E-state index in [-0.39, 0.29) is 5.91 Å². The maximum Gasteiger partial charge on any atom is 0.278 e. The highest BCUT2D eigenvalue weighted by molar-refractivity contribution is 6.12. The highest BCUT2D eigenvalue weighted by Gasteiger charge is 2.26. The minimum Gasteiger partial charge on any atom is -0.357 e. The van der Waals surface area contributed by atoms with Crippen LogP contribution in [0.5, 0.6) is 0 Å². The Morgan fingerprint density at radius 2 is 2.06 bits per heavy atom. The van der Waals surface area contributed by atoms with Crippen LogP contribution < -0.4 is 15.5 Å². The summed E-state index contributed by atoms with van der Waals surface area (Å²) in [5.41, 5.74) is 5.12. The molecule has 2 aromatic carbocycles. The Labute approximate surface area is 184 Å². The molecule has 6 heteroatoms. The van der Waals surface area contributed by atoms with Crippen LogP contribution in [0, 0.1) is 6.92 Å². The molecule has 0 radical (unpaired) electrons. The molecular formula is C25H30N4O2. The number of nitrogens with one attached hydrogen (secondary N) is 2. The lowest BCUT2D eigenvalue weighted by Gasteiger charge is -2.19. The second-order valence-electron chi connectivity index (χ2n) is 7.60. The number of benzene rings is 2. The molecule has 0 fully saturated rings. The summed E-state index contributed by atoms with van der Waals surface area (Å²) in [7, 11) is 0. The van der Waals surface area contributed by atoms with E-state index in [1.807, 2.05) is 31.2 Å². The van der Waals surface area contributed by atoms with Crippen LogP contribution in [0.25, 0.3) is 6.08 Å². The summed E-state index contributed by atoms with van der Waals surface area (Å²) in [6.45, 7) is 7.02. The van der Waals surface area contributed by atoms with Crippen molar-refractivity contribution in [1.82, 2.24) is 10.6 Å². The Balaban J connectivity index is 1.71. The molecule has 0 aromatic heterocycles. The fourth-order valence-electron chi connectivity index (χ4n) is 3.65. The second-order valence-corrected chi connectivity index (χ2v) is 7.60. The fraction of sp³-hybridized carbons (Fsp3) is 0.320. The lowest BCUT2D eigenvalue weighted by Crippen LogP contribution is -2.28. The molecule has 0 spiro atoms. The van der Waals surface area contributed by atoms with Crippen molar-refractivity contribution in [2.45, 2.75) is 26.7 Å². The summed E-state index contributed by atoms with van der Waals surface area (Å²) in [6.07, 6.45) is 6.48. The lowest BCUT2D eigenvalue weighted by molar-refractivity contribution is -0.109. The van der Waals surface area contributed by atoms with Crippen LogP contribution in [0.2, 0.25) is 0 Å². The van der Waals surface area contributed by atoms with Gasteiger partial charge >= 0.3 is 0 Å². The van der Waals surface area contributed by atoms with Crippen LogP contribution in [-0.2, 0) is 11.2 Å². The first-order valence-electron chi connectivity index (χ1n) is 10.8. The Morgan fingerprint density at radius 3 is 2.84 bits per heavy atom. The third kappa shape index (κ3) is 6.12. The predicted molar refractivity (Wildman–Crippen MR) is 127 cm³/mol. The molecule has 1 aliphatic heterocycles. The number of amides is 2. The SMILES string of the molecule is CCCN1C(=NC(=O)c2cccc(C)c2)Cc2cc(/C=C/CNCCNC=O)ccc21. The Morgan fingerprint density at radius 1 is 1.19 bits per heavy atom. The average Bonchev–Trinajstić information content (AvgIpc) is 3.09. The molecule has 0 unspecified atom stereocenters. The van der Waals surface area contributed by atoms with Crippen LogP contribution in [-0.4, -0.2) is 44.3 Å². The van der Waals surface area contributed by atoms with Gasteiger partial charge in [-0.15, -0.1) is 0 Å². The van der Waals surface area contributed by atoms with Crippen molar-refractivity contribution in [3.05, 3.63) is 70.8 Å². The zero-order chi connectivity index (χ0) is 22.1. The molecule has 2 aromatic rings. The van der Waals surface area contributed by atoms with Crippen molar-refractivity contribution < 1.29 is 9.59 Å². The van der Waals surface area contributed by atoms with Gasteiger partial charge in [-0.1, -0.05) is 42.8 Å². The molecule has 0 bridgehead atoms. The number of rotatable bonds is 10. The topological polar surface area (TPSA) is 73.8 Å². The number of hydrogen-bond donors (Lipinski definition) is 2. The summed E-state index contributed by atoms with van der Waals surface area (Å²) in [4.78, 5) is 29.6. The summed E-state index contributed by atoms with van der Waals surface area (Å²) in [5, 5.41) is 5.86.